The number of hydrogen-bond donors (Lipinski definition) is 2. The van der Waals surface area contributed by atoms with Crippen molar-refractivity contribution in [3.05, 3.63) is 28.3 Å². The minimum Gasteiger partial charge on any atom is -0.493 e. The van der Waals surface area contributed by atoms with E-state index in [9.17, 15) is 5.11 Å². The third-order valence-electron chi connectivity index (χ3n) is 2.62. The fraction of sp³-hybridized carbons (Fsp3) is 0.417. The van der Waals surface area contributed by atoms with Gasteiger partial charge in [0.25, 0.3) is 0 Å². The van der Waals surface area contributed by atoms with E-state index in [4.69, 9.17) is 26.5 Å². The highest BCUT2D eigenvalue weighted by molar-refractivity contribution is 6.30. The molecule has 0 fully saturated rings. The number of halogens is 1. The smallest absolute Gasteiger partial charge is 0.215 e. The Morgan fingerprint density at radius 1 is 1.65 bits per heavy atom. The summed E-state index contributed by atoms with van der Waals surface area (Å²) >= 11 is 5.98. The van der Waals surface area contributed by atoms with Crippen LogP contribution in [0.2, 0.25) is 5.02 Å². The topological polar surface area (TPSA) is 62.5 Å². The van der Waals surface area contributed by atoms with Gasteiger partial charge in [0.15, 0.2) is 6.10 Å². The highest BCUT2D eigenvalue weighted by atomic mass is 35.5. The summed E-state index contributed by atoms with van der Waals surface area (Å²) in [6.07, 6.45) is -0.349. The van der Waals surface area contributed by atoms with Crippen molar-refractivity contribution in [1.82, 2.24) is 0 Å². The Morgan fingerprint density at radius 3 is 3.12 bits per heavy atom. The average Bonchev–Trinajstić information content (AvgIpc) is 2.75. The molecular weight excluding hydrogens is 242 g/mol. The van der Waals surface area contributed by atoms with Crippen molar-refractivity contribution in [3.63, 3.8) is 0 Å². The van der Waals surface area contributed by atoms with Gasteiger partial charge >= 0.3 is 0 Å². The highest BCUT2D eigenvalue weighted by Gasteiger charge is 2.25. The molecule has 0 aromatic heterocycles. The largest absolute Gasteiger partial charge is 0.493 e. The number of benzene rings is 1. The average molecular weight is 256 g/mol. The molecule has 0 spiro atoms. The third kappa shape index (κ3) is 2.37. The maximum Gasteiger partial charge on any atom is 0.215 e. The van der Waals surface area contributed by atoms with Gasteiger partial charge in [-0.3, -0.25) is 5.41 Å². The first kappa shape index (κ1) is 12.2. The minimum atomic E-state index is -1.12. The van der Waals surface area contributed by atoms with Crippen molar-refractivity contribution in [1.29, 1.82) is 5.41 Å². The van der Waals surface area contributed by atoms with Crippen LogP contribution >= 0.6 is 11.6 Å². The summed E-state index contributed by atoms with van der Waals surface area (Å²) < 4.78 is 10.5. The molecule has 2 rings (SSSR count). The van der Waals surface area contributed by atoms with Crippen LogP contribution in [0.4, 0.5) is 0 Å². The van der Waals surface area contributed by atoms with Gasteiger partial charge in [-0.25, -0.2) is 0 Å². The molecule has 1 aliphatic heterocycles. The van der Waals surface area contributed by atoms with Crippen LogP contribution in [0.5, 0.6) is 5.75 Å². The Hall–Kier alpha value is -1.26. The second-order valence-corrected chi connectivity index (χ2v) is 4.22. The molecule has 1 heterocycles. The van der Waals surface area contributed by atoms with Gasteiger partial charge < -0.3 is 14.6 Å². The molecule has 0 amide bonds. The summed E-state index contributed by atoms with van der Waals surface area (Å²) in [7, 11) is 0. The quantitative estimate of drug-likeness (QED) is 0.644. The van der Waals surface area contributed by atoms with E-state index in [1.165, 1.54) is 0 Å². The van der Waals surface area contributed by atoms with E-state index < -0.39 is 6.10 Å². The van der Waals surface area contributed by atoms with Crippen LogP contribution in [-0.2, 0) is 11.2 Å². The zero-order valence-corrected chi connectivity index (χ0v) is 10.3. The lowest BCUT2D eigenvalue weighted by Crippen LogP contribution is -2.15. The molecule has 0 bridgehead atoms. The van der Waals surface area contributed by atoms with Crippen LogP contribution in [0.25, 0.3) is 0 Å². The van der Waals surface area contributed by atoms with E-state index in [2.05, 4.69) is 0 Å². The van der Waals surface area contributed by atoms with Gasteiger partial charge in [0.2, 0.25) is 5.90 Å². The van der Waals surface area contributed by atoms with E-state index in [1.807, 2.05) is 6.07 Å². The Kier molecular flexibility index (Phi) is 3.54. The zero-order chi connectivity index (χ0) is 12.4. The number of ether oxygens (including phenoxy) is 2. The summed E-state index contributed by atoms with van der Waals surface area (Å²) in [5, 5.41) is 18.1. The highest BCUT2D eigenvalue weighted by Crippen LogP contribution is 2.36. The van der Waals surface area contributed by atoms with Crippen molar-refractivity contribution in [2.45, 2.75) is 19.4 Å². The van der Waals surface area contributed by atoms with E-state index in [1.54, 1.807) is 13.0 Å². The summed E-state index contributed by atoms with van der Waals surface area (Å²) in [6.45, 7) is 2.69. The van der Waals surface area contributed by atoms with Gasteiger partial charge in [-0.15, -0.1) is 0 Å². The predicted octanol–water partition coefficient (Wildman–Crippen LogP) is 2.32. The van der Waals surface area contributed by atoms with Crippen molar-refractivity contribution < 1.29 is 14.6 Å². The lowest BCUT2D eigenvalue weighted by atomic mass is 10.0. The Bertz CT molecular complexity index is 448. The molecular formula is C12H14ClNO3. The van der Waals surface area contributed by atoms with Gasteiger partial charge in [-0.05, 0) is 24.6 Å². The number of aliphatic hydroxyl groups is 1. The van der Waals surface area contributed by atoms with Gasteiger partial charge in [0.05, 0.1) is 13.2 Å². The summed E-state index contributed by atoms with van der Waals surface area (Å²) in [6, 6.07) is 3.44. The monoisotopic (exact) mass is 255 g/mol. The van der Waals surface area contributed by atoms with E-state index in [0.29, 0.717) is 29.5 Å². The van der Waals surface area contributed by atoms with Gasteiger partial charge in [-0.1, -0.05) is 11.6 Å². The molecule has 1 aromatic rings. The first-order chi connectivity index (χ1) is 8.13. The van der Waals surface area contributed by atoms with Crippen LogP contribution in [0.15, 0.2) is 12.1 Å². The first-order valence-corrected chi connectivity index (χ1v) is 5.85. The maximum atomic E-state index is 10.0. The zero-order valence-electron chi connectivity index (χ0n) is 9.50. The van der Waals surface area contributed by atoms with Crippen molar-refractivity contribution >= 4 is 17.5 Å². The number of fused-ring (bicyclic) bond motifs is 1. The molecule has 2 N–H and O–H groups in total. The molecule has 92 valence electrons. The fourth-order valence-electron chi connectivity index (χ4n) is 1.88. The number of rotatable bonds is 3. The van der Waals surface area contributed by atoms with Crippen LogP contribution in [0.3, 0.4) is 0 Å². The number of hydrogen-bond acceptors (Lipinski definition) is 4. The van der Waals surface area contributed by atoms with E-state index in [0.717, 1.165) is 12.0 Å². The first-order valence-electron chi connectivity index (χ1n) is 5.48. The van der Waals surface area contributed by atoms with Gasteiger partial charge in [0, 0.05) is 17.0 Å². The summed E-state index contributed by atoms with van der Waals surface area (Å²) in [4.78, 5) is 0. The molecule has 0 aliphatic carbocycles. The minimum absolute atomic E-state index is 0.188. The molecule has 1 unspecified atom stereocenters. The Morgan fingerprint density at radius 2 is 2.41 bits per heavy atom. The molecule has 0 saturated heterocycles. The molecule has 1 aliphatic rings. The standard InChI is InChI=1S/C12H14ClNO3/c1-2-16-12(14)10(15)9-6-8(13)5-7-3-4-17-11(7)9/h5-6,10,14-15H,2-4H2,1H3. The molecule has 4 nitrogen and oxygen atoms in total. The Balaban J connectivity index is 2.35. The lowest BCUT2D eigenvalue weighted by molar-refractivity contribution is 0.186. The van der Waals surface area contributed by atoms with Crippen LogP contribution in [0.1, 0.15) is 24.2 Å². The number of nitrogens with one attached hydrogen (secondary N) is 1. The Labute approximate surface area is 105 Å². The fourth-order valence-corrected chi connectivity index (χ4v) is 2.13. The summed E-state index contributed by atoms with van der Waals surface area (Å²) in [5.74, 6) is 0.443. The number of aliphatic hydroxyl groups excluding tert-OH is 1. The summed E-state index contributed by atoms with van der Waals surface area (Å²) in [5.41, 5.74) is 1.47. The molecule has 0 radical (unpaired) electrons. The molecule has 0 saturated carbocycles. The second-order valence-electron chi connectivity index (χ2n) is 3.78. The van der Waals surface area contributed by atoms with E-state index >= 15 is 0 Å². The van der Waals surface area contributed by atoms with Gasteiger partial charge in [-0.2, -0.15) is 0 Å². The van der Waals surface area contributed by atoms with E-state index in [-0.39, 0.29) is 5.90 Å². The third-order valence-corrected chi connectivity index (χ3v) is 2.84. The molecule has 17 heavy (non-hydrogen) atoms. The van der Waals surface area contributed by atoms with Crippen LogP contribution in [0, 0.1) is 5.41 Å². The molecule has 1 atom stereocenters. The van der Waals surface area contributed by atoms with Crippen LogP contribution < -0.4 is 4.74 Å². The SMILES string of the molecule is CCOC(=N)C(O)c1cc(Cl)cc2c1OCC2. The van der Waals surface area contributed by atoms with Crippen molar-refractivity contribution in [2.75, 3.05) is 13.2 Å². The second kappa shape index (κ2) is 4.94. The normalized spacial score (nSPS) is 15.0. The van der Waals surface area contributed by atoms with Crippen LogP contribution in [-0.4, -0.2) is 24.2 Å². The predicted molar refractivity (Wildman–Crippen MR) is 65.0 cm³/mol. The maximum absolute atomic E-state index is 10.0. The van der Waals surface area contributed by atoms with Crippen molar-refractivity contribution in [3.8, 4) is 5.75 Å². The van der Waals surface area contributed by atoms with Gasteiger partial charge in [0.1, 0.15) is 5.75 Å². The molecule has 1 aromatic carbocycles. The molecule has 5 heteroatoms. The lowest BCUT2D eigenvalue weighted by Gasteiger charge is -2.16. The van der Waals surface area contributed by atoms with Crippen molar-refractivity contribution in [2.24, 2.45) is 0 Å².